The summed E-state index contributed by atoms with van der Waals surface area (Å²) >= 11 is 0. The Balaban J connectivity index is 1.95. The summed E-state index contributed by atoms with van der Waals surface area (Å²) in [6.45, 7) is 2.12. The Kier molecular flexibility index (Phi) is 3.07. The molecule has 94 valence electrons. The van der Waals surface area contributed by atoms with Crippen molar-refractivity contribution >= 4 is 5.78 Å². The number of carbonyl (C=O) groups is 1. The van der Waals surface area contributed by atoms with Crippen LogP contribution in [0.3, 0.4) is 0 Å². The number of allylic oxidation sites excluding steroid dienone is 2. The lowest BCUT2D eigenvalue weighted by molar-refractivity contribution is -0.115. The second-order valence-corrected chi connectivity index (χ2v) is 5.74. The van der Waals surface area contributed by atoms with E-state index in [4.69, 9.17) is 0 Å². The highest BCUT2D eigenvalue weighted by Gasteiger charge is 2.31. The van der Waals surface area contributed by atoms with Gasteiger partial charge in [-0.1, -0.05) is 41.8 Å². The number of ketones is 1. The molecule has 2 atom stereocenters. The van der Waals surface area contributed by atoms with E-state index < -0.39 is 0 Å². The number of rotatable bonds is 1. The van der Waals surface area contributed by atoms with Crippen LogP contribution in [-0.2, 0) is 4.79 Å². The van der Waals surface area contributed by atoms with Crippen LogP contribution in [0.15, 0.2) is 35.9 Å². The molecule has 18 heavy (non-hydrogen) atoms. The van der Waals surface area contributed by atoms with Crippen LogP contribution < -0.4 is 0 Å². The molecular formula is C17H20O. The first-order valence-electron chi connectivity index (χ1n) is 7.05. The Morgan fingerprint density at radius 1 is 1.06 bits per heavy atom. The van der Waals surface area contributed by atoms with Crippen LogP contribution >= 0.6 is 0 Å². The first-order valence-corrected chi connectivity index (χ1v) is 7.05. The van der Waals surface area contributed by atoms with E-state index in [1.165, 1.54) is 36.0 Å². The van der Waals surface area contributed by atoms with Crippen LogP contribution in [0.4, 0.5) is 0 Å². The lowest BCUT2D eigenvalue weighted by Crippen LogP contribution is -2.23. The normalized spacial score (nSPS) is 27.6. The van der Waals surface area contributed by atoms with Gasteiger partial charge in [0.25, 0.3) is 0 Å². The molecule has 2 aliphatic rings. The summed E-state index contributed by atoms with van der Waals surface area (Å²) < 4.78 is 0. The SMILES string of the molecule is Cc1ccc([C@H]2CCC[C@@H]3CCC(=O)C=C32)cc1. The zero-order valence-corrected chi connectivity index (χ0v) is 11.0. The van der Waals surface area contributed by atoms with E-state index in [1.54, 1.807) is 0 Å². The summed E-state index contributed by atoms with van der Waals surface area (Å²) in [6, 6.07) is 8.85. The molecule has 0 amide bonds. The van der Waals surface area contributed by atoms with Gasteiger partial charge in [-0.25, -0.2) is 0 Å². The molecule has 0 N–H and O–H groups in total. The van der Waals surface area contributed by atoms with Gasteiger partial charge in [0.2, 0.25) is 0 Å². The van der Waals surface area contributed by atoms with Crippen LogP contribution in [0.2, 0.25) is 0 Å². The molecule has 1 fully saturated rings. The van der Waals surface area contributed by atoms with E-state index in [-0.39, 0.29) is 0 Å². The fourth-order valence-corrected chi connectivity index (χ4v) is 3.45. The van der Waals surface area contributed by atoms with Crippen LogP contribution in [0.25, 0.3) is 0 Å². The Labute approximate surface area is 109 Å². The van der Waals surface area contributed by atoms with Crippen molar-refractivity contribution in [2.75, 3.05) is 0 Å². The zero-order valence-electron chi connectivity index (χ0n) is 11.0. The van der Waals surface area contributed by atoms with Crippen molar-refractivity contribution < 1.29 is 4.79 Å². The summed E-state index contributed by atoms with van der Waals surface area (Å²) in [5, 5.41) is 0. The van der Waals surface area contributed by atoms with E-state index in [2.05, 4.69) is 31.2 Å². The van der Waals surface area contributed by atoms with Gasteiger partial charge in [-0.3, -0.25) is 4.79 Å². The highest BCUT2D eigenvalue weighted by molar-refractivity contribution is 5.91. The maximum atomic E-state index is 11.7. The molecule has 1 aromatic carbocycles. The predicted octanol–water partition coefficient (Wildman–Crippen LogP) is 4.17. The molecule has 1 saturated carbocycles. The minimum absolute atomic E-state index is 0.334. The Morgan fingerprint density at radius 3 is 2.61 bits per heavy atom. The lowest BCUT2D eigenvalue weighted by Gasteiger charge is -2.35. The molecule has 0 spiro atoms. The topological polar surface area (TPSA) is 17.1 Å². The molecule has 0 aromatic heterocycles. The van der Waals surface area contributed by atoms with Crippen LogP contribution in [0, 0.1) is 12.8 Å². The molecule has 0 unspecified atom stereocenters. The summed E-state index contributed by atoms with van der Waals surface area (Å²) in [6.07, 6.45) is 7.58. The Morgan fingerprint density at radius 2 is 1.83 bits per heavy atom. The van der Waals surface area contributed by atoms with Gasteiger partial charge < -0.3 is 0 Å². The van der Waals surface area contributed by atoms with Crippen molar-refractivity contribution in [3.8, 4) is 0 Å². The van der Waals surface area contributed by atoms with E-state index in [9.17, 15) is 4.79 Å². The van der Waals surface area contributed by atoms with Gasteiger partial charge in [0.15, 0.2) is 5.78 Å². The molecule has 0 saturated heterocycles. The third-order valence-electron chi connectivity index (χ3n) is 4.47. The average molecular weight is 240 g/mol. The summed E-state index contributed by atoms with van der Waals surface area (Å²) in [5.41, 5.74) is 4.12. The van der Waals surface area contributed by atoms with E-state index in [0.717, 1.165) is 12.8 Å². The zero-order chi connectivity index (χ0) is 12.5. The average Bonchev–Trinajstić information content (AvgIpc) is 2.39. The first kappa shape index (κ1) is 11.7. The quantitative estimate of drug-likeness (QED) is 0.720. The highest BCUT2D eigenvalue weighted by Crippen LogP contribution is 2.44. The highest BCUT2D eigenvalue weighted by atomic mass is 16.1. The molecule has 2 aliphatic carbocycles. The van der Waals surface area contributed by atoms with E-state index in [1.807, 2.05) is 6.08 Å². The minimum Gasteiger partial charge on any atom is -0.295 e. The molecule has 0 aliphatic heterocycles. The summed E-state index contributed by atoms with van der Waals surface area (Å²) in [4.78, 5) is 11.7. The lowest BCUT2D eigenvalue weighted by atomic mass is 9.69. The molecule has 1 heteroatoms. The number of benzene rings is 1. The molecule has 0 radical (unpaired) electrons. The molecular weight excluding hydrogens is 220 g/mol. The second-order valence-electron chi connectivity index (χ2n) is 5.74. The predicted molar refractivity (Wildman–Crippen MR) is 73.6 cm³/mol. The number of fused-ring (bicyclic) bond motifs is 1. The smallest absolute Gasteiger partial charge is 0.155 e. The van der Waals surface area contributed by atoms with Gasteiger partial charge in [-0.2, -0.15) is 0 Å². The van der Waals surface area contributed by atoms with Gasteiger partial charge in [0.1, 0.15) is 0 Å². The van der Waals surface area contributed by atoms with Crippen molar-refractivity contribution in [3.05, 3.63) is 47.0 Å². The summed E-state index contributed by atoms with van der Waals surface area (Å²) in [7, 11) is 0. The van der Waals surface area contributed by atoms with Gasteiger partial charge in [-0.15, -0.1) is 0 Å². The van der Waals surface area contributed by atoms with E-state index >= 15 is 0 Å². The molecule has 0 bridgehead atoms. The fraction of sp³-hybridized carbons (Fsp3) is 0.471. The number of hydrogen-bond acceptors (Lipinski definition) is 1. The number of aryl methyl sites for hydroxylation is 1. The van der Waals surface area contributed by atoms with Gasteiger partial charge in [-0.05, 0) is 43.7 Å². The van der Waals surface area contributed by atoms with Crippen molar-refractivity contribution in [3.63, 3.8) is 0 Å². The number of carbonyl (C=O) groups excluding carboxylic acids is 1. The van der Waals surface area contributed by atoms with Crippen LogP contribution in [0.5, 0.6) is 0 Å². The molecule has 3 rings (SSSR count). The first-order chi connectivity index (χ1) is 8.74. The largest absolute Gasteiger partial charge is 0.295 e. The van der Waals surface area contributed by atoms with Crippen LogP contribution in [-0.4, -0.2) is 5.78 Å². The molecule has 0 heterocycles. The van der Waals surface area contributed by atoms with Crippen molar-refractivity contribution in [2.45, 2.75) is 44.9 Å². The third-order valence-corrected chi connectivity index (χ3v) is 4.47. The van der Waals surface area contributed by atoms with Gasteiger partial charge in [0.05, 0.1) is 0 Å². The van der Waals surface area contributed by atoms with Crippen molar-refractivity contribution in [1.82, 2.24) is 0 Å². The fourth-order valence-electron chi connectivity index (χ4n) is 3.45. The van der Waals surface area contributed by atoms with Gasteiger partial charge >= 0.3 is 0 Å². The molecule has 1 aromatic rings. The monoisotopic (exact) mass is 240 g/mol. The van der Waals surface area contributed by atoms with Crippen molar-refractivity contribution in [2.24, 2.45) is 5.92 Å². The second kappa shape index (κ2) is 4.72. The molecule has 1 nitrogen and oxygen atoms in total. The van der Waals surface area contributed by atoms with Crippen molar-refractivity contribution in [1.29, 1.82) is 0 Å². The standard InChI is InChI=1S/C17H20O/c1-12-5-7-14(8-6-12)16-4-2-3-13-9-10-15(18)11-17(13)16/h5-8,11,13,16H,2-4,9-10H2,1H3/t13-,16-/m1/s1. The Bertz CT molecular complexity index is 481. The van der Waals surface area contributed by atoms with Gasteiger partial charge in [0, 0.05) is 12.3 Å². The van der Waals surface area contributed by atoms with Crippen LogP contribution in [0.1, 0.15) is 49.1 Å². The maximum Gasteiger partial charge on any atom is 0.155 e. The minimum atomic E-state index is 0.334. The number of hydrogen-bond donors (Lipinski definition) is 0. The maximum absolute atomic E-state index is 11.7. The summed E-state index contributed by atoms with van der Waals surface area (Å²) in [5.74, 6) is 1.50. The third kappa shape index (κ3) is 2.14. The van der Waals surface area contributed by atoms with E-state index in [0.29, 0.717) is 17.6 Å². The Hall–Kier alpha value is -1.37.